The van der Waals surface area contributed by atoms with Crippen LogP contribution in [0.3, 0.4) is 0 Å². The molecule has 1 saturated carbocycles. The lowest BCUT2D eigenvalue weighted by atomic mass is 10.1. The molecule has 1 aromatic heterocycles. The monoisotopic (exact) mass is 341 g/mol. The predicted molar refractivity (Wildman–Crippen MR) is 92.2 cm³/mol. The molecule has 2 aromatic rings. The van der Waals surface area contributed by atoms with Crippen LogP contribution in [-0.2, 0) is 17.8 Å². The van der Waals surface area contributed by atoms with Gasteiger partial charge in [0.15, 0.2) is 5.69 Å². The van der Waals surface area contributed by atoms with E-state index in [0.717, 1.165) is 57.0 Å². The molecule has 0 bridgehead atoms. The van der Waals surface area contributed by atoms with Gasteiger partial charge in [0.2, 0.25) is 0 Å². The summed E-state index contributed by atoms with van der Waals surface area (Å²) in [6.07, 6.45) is 2.26. The van der Waals surface area contributed by atoms with Crippen LogP contribution >= 0.6 is 0 Å². The summed E-state index contributed by atoms with van der Waals surface area (Å²) in [5.74, 6) is 1.11. The summed E-state index contributed by atoms with van der Waals surface area (Å²) in [5, 5.41) is 6.86. The fourth-order valence-electron chi connectivity index (χ4n) is 3.11. The Morgan fingerprint density at radius 2 is 1.96 bits per heavy atom. The highest BCUT2D eigenvalue weighted by Gasteiger charge is 2.28. The molecule has 1 amide bonds. The molecule has 6 heteroatoms. The lowest BCUT2D eigenvalue weighted by Gasteiger charge is -2.27. The zero-order valence-corrected chi connectivity index (χ0v) is 14.2. The lowest BCUT2D eigenvalue weighted by molar-refractivity contribution is 0.0340. The summed E-state index contributed by atoms with van der Waals surface area (Å²) in [7, 11) is 0. The number of amides is 1. The molecule has 1 N–H and O–H groups in total. The van der Waals surface area contributed by atoms with Gasteiger partial charge >= 0.3 is 0 Å². The van der Waals surface area contributed by atoms with Crippen molar-refractivity contribution in [2.24, 2.45) is 0 Å². The molecule has 2 fully saturated rings. The molecule has 0 spiro atoms. The zero-order chi connectivity index (χ0) is 17.1. The van der Waals surface area contributed by atoms with Gasteiger partial charge in [0, 0.05) is 38.2 Å². The fourth-order valence-corrected chi connectivity index (χ4v) is 3.11. The first kappa shape index (κ1) is 16.3. The zero-order valence-electron chi connectivity index (χ0n) is 14.2. The third kappa shape index (κ3) is 4.08. The summed E-state index contributed by atoms with van der Waals surface area (Å²) in [6, 6.07) is 10.0. The topological polar surface area (TPSA) is 67.6 Å². The Bertz CT molecular complexity index is 733. The summed E-state index contributed by atoms with van der Waals surface area (Å²) in [4.78, 5) is 14.7. The van der Waals surface area contributed by atoms with E-state index >= 15 is 0 Å². The van der Waals surface area contributed by atoms with Gasteiger partial charge in [-0.05, 0) is 24.0 Å². The molecule has 0 radical (unpaired) electrons. The molecular formula is C19H23N3O3. The SMILES string of the molecule is O=C(NCc1ccccc1CN1CCOCC1)c1cc(C2CC2)on1. The van der Waals surface area contributed by atoms with Gasteiger partial charge in [0.25, 0.3) is 5.91 Å². The van der Waals surface area contributed by atoms with E-state index in [4.69, 9.17) is 9.26 Å². The molecule has 6 nitrogen and oxygen atoms in total. The summed E-state index contributed by atoms with van der Waals surface area (Å²) in [6.45, 7) is 4.84. The van der Waals surface area contributed by atoms with Gasteiger partial charge in [0.1, 0.15) is 5.76 Å². The van der Waals surface area contributed by atoms with Crippen LogP contribution in [0.1, 0.15) is 46.1 Å². The van der Waals surface area contributed by atoms with Crippen molar-refractivity contribution >= 4 is 5.91 Å². The predicted octanol–water partition coefficient (Wildman–Crippen LogP) is 2.31. The smallest absolute Gasteiger partial charge is 0.273 e. The first-order valence-corrected chi connectivity index (χ1v) is 8.91. The highest BCUT2D eigenvalue weighted by atomic mass is 16.5. The van der Waals surface area contributed by atoms with Gasteiger partial charge in [-0.2, -0.15) is 0 Å². The normalized spacial score (nSPS) is 18.2. The number of nitrogens with zero attached hydrogens (tertiary/aromatic N) is 2. The summed E-state index contributed by atoms with van der Waals surface area (Å²) >= 11 is 0. The molecule has 4 rings (SSSR count). The average Bonchev–Trinajstić information content (AvgIpc) is 3.38. The van der Waals surface area contributed by atoms with Crippen LogP contribution in [0.4, 0.5) is 0 Å². The number of aromatic nitrogens is 1. The Labute approximate surface area is 147 Å². The Kier molecular flexibility index (Phi) is 4.81. The van der Waals surface area contributed by atoms with Gasteiger partial charge < -0.3 is 14.6 Å². The molecule has 1 aromatic carbocycles. The van der Waals surface area contributed by atoms with Crippen LogP contribution in [-0.4, -0.2) is 42.3 Å². The minimum atomic E-state index is -0.183. The number of nitrogens with one attached hydrogen (secondary N) is 1. The number of hydrogen-bond acceptors (Lipinski definition) is 5. The molecular weight excluding hydrogens is 318 g/mol. The minimum absolute atomic E-state index is 0.183. The second-order valence-corrected chi connectivity index (χ2v) is 6.73. The Balaban J connectivity index is 1.37. The van der Waals surface area contributed by atoms with Crippen molar-refractivity contribution in [1.29, 1.82) is 0 Å². The molecule has 1 saturated heterocycles. The molecule has 1 aliphatic heterocycles. The van der Waals surface area contributed by atoms with Gasteiger partial charge in [-0.3, -0.25) is 9.69 Å². The van der Waals surface area contributed by atoms with E-state index in [1.807, 2.05) is 12.1 Å². The van der Waals surface area contributed by atoms with E-state index in [0.29, 0.717) is 18.2 Å². The van der Waals surface area contributed by atoms with E-state index in [9.17, 15) is 4.79 Å². The average molecular weight is 341 g/mol. The van der Waals surface area contributed by atoms with E-state index in [1.165, 1.54) is 5.56 Å². The summed E-state index contributed by atoms with van der Waals surface area (Å²) in [5.41, 5.74) is 2.74. The number of benzene rings is 1. The van der Waals surface area contributed by atoms with Gasteiger partial charge in [0.05, 0.1) is 13.2 Å². The van der Waals surface area contributed by atoms with Crippen LogP contribution < -0.4 is 5.32 Å². The van der Waals surface area contributed by atoms with Crippen molar-refractivity contribution in [3.8, 4) is 0 Å². The quantitative estimate of drug-likeness (QED) is 0.873. The van der Waals surface area contributed by atoms with Gasteiger partial charge in [-0.25, -0.2) is 0 Å². The van der Waals surface area contributed by atoms with Gasteiger partial charge in [-0.15, -0.1) is 0 Å². The van der Waals surface area contributed by atoms with Crippen molar-refractivity contribution in [3.05, 3.63) is 52.9 Å². The molecule has 2 heterocycles. The number of carbonyl (C=O) groups excluding carboxylic acids is 1. The van der Waals surface area contributed by atoms with Crippen molar-refractivity contribution in [2.45, 2.75) is 31.8 Å². The van der Waals surface area contributed by atoms with Gasteiger partial charge in [-0.1, -0.05) is 29.4 Å². The molecule has 0 atom stereocenters. The Morgan fingerprint density at radius 3 is 2.72 bits per heavy atom. The molecule has 2 aliphatic rings. The highest BCUT2D eigenvalue weighted by molar-refractivity contribution is 5.92. The number of carbonyl (C=O) groups is 1. The maximum Gasteiger partial charge on any atom is 0.273 e. The van der Waals surface area contributed by atoms with Crippen LogP contribution in [0, 0.1) is 0 Å². The van der Waals surface area contributed by atoms with Crippen LogP contribution in [0.25, 0.3) is 0 Å². The first-order valence-electron chi connectivity index (χ1n) is 8.91. The maximum absolute atomic E-state index is 12.3. The van der Waals surface area contributed by atoms with E-state index < -0.39 is 0 Å². The fraction of sp³-hybridized carbons (Fsp3) is 0.474. The van der Waals surface area contributed by atoms with Crippen LogP contribution in [0.2, 0.25) is 0 Å². The van der Waals surface area contributed by atoms with Crippen molar-refractivity contribution in [2.75, 3.05) is 26.3 Å². The van der Waals surface area contributed by atoms with E-state index in [-0.39, 0.29) is 5.91 Å². The number of rotatable bonds is 6. The van der Waals surface area contributed by atoms with Crippen LogP contribution in [0.15, 0.2) is 34.9 Å². The first-order chi connectivity index (χ1) is 12.3. The Hall–Kier alpha value is -2.18. The molecule has 25 heavy (non-hydrogen) atoms. The second-order valence-electron chi connectivity index (χ2n) is 6.73. The lowest BCUT2D eigenvalue weighted by Crippen LogP contribution is -2.36. The minimum Gasteiger partial charge on any atom is -0.379 e. The van der Waals surface area contributed by atoms with E-state index in [2.05, 4.69) is 27.5 Å². The number of hydrogen-bond donors (Lipinski definition) is 1. The summed E-state index contributed by atoms with van der Waals surface area (Å²) < 4.78 is 10.7. The standard InChI is InChI=1S/C19H23N3O3/c23-19(17-11-18(25-21-17)14-5-6-14)20-12-15-3-1-2-4-16(15)13-22-7-9-24-10-8-22/h1-4,11,14H,5-10,12-13H2,(H,20,23). The molecule has 132 valence electrons. The largest absolute Gasteiger partial charge is 0.379 e. The van der Waals surface area contributed by atoms with Crippen molar-refractivity contribution < 1.29 is 14.1 Å². The Morgan fingerprint density at radius 1 is 1.20 bits per heavy atom. The van der Waals surface area contributed by atoms with E-state index in [1.54, 1.807) is 6.07 Å². The van der Waals surface area contributed by atoms with Crippen LogP contribution in [0.5, 0.6) is 0 Å². The highest BCUT2D eigenvalue weighted by Crippen LogP contribution is 2.40. The number of morpholine rings is 1. The third-order valence-electron chi connectivity index (χ3n) is 4.80. The number of ether oxygens (including phenoxy) is 1. The second kappa shape index (κ2) is 7.37. The van der Waals surface area contributed by atoms with Crippen molar-refractivity contribution in [3.63, 3.8) is 0 Å². The molecule has 0 unspecified atom stereocenters. The van der Waals surface area contributed by atoms with Crippen molar-refractivity contribution in [1.82, 2.24) is 15.4 Å². The third-order valence-corrected chi connectivity index (χ3v) is 4.80. The molecule has 1 aliphatic carbocycles. The maximum atomic E-state index is 12.3.